The van der Waals surface area contributed by atoms with E-state index in [4.69, 9.17) is 0 Å². The SMILES string of the molecule is CCCCCCC[C@@H](Cc1cc(O)c(O)c(O)c1)[C@@H](CCCCC)Cc1cc(O)c(O)c(O)c1.CCCCCCC[C@H](Cc1cc(O)c(O)c(O)c1)[C@H](CCCCC)Cc1cc(O)c(O)c(O)c1. The van der Waals surface area contributed by atoms with E-state index in [0.29, 0.717) is 25.7 Å². The predicted molar refractivity (Wildman–Crippen MR) is 270 cm³/mol. The maximum Gasteiger partial charge on any atom is 0.200 e. The molecular weight excluding hydrogens is 865 g/mol. The van der Waals surface area contributed by atoms with Crippen LogP contribution in [0.1, 0.15) is 178 Å². The molecule has 0 heterocycles. The average Bonchev–Trinajstić information content (AvgIpc) is 3.29. The van der Waals surface area contributed by atoms with Gasteiger partial charge < -0.3 is 61.3 Å². The molecule has 0 fully saturated rings. The van der Waals surface area contributed by atoms with E-state index < -0.39 is 23.0 Å². The first kappa shape index (κ1) is 56.8. The molecule has 4 rings (SSSR count). The number of unbranched alkanes of at least 4 members (excludes halogenated alkanes) is 12. The third-order valence-corrected chi connectivity index (χ3v) is 13.6. The number of hydrogen-bond donors (Lipinski definition) is 12. The van der Waals surface area contributed by atoms with Gasteiger partial charge in [-0.15, -0.1) is 0 Å². The van der Waals surface area contributed by atoms with Gasteiger partial charge in [0.2, 0.25) is 0 Å². The molecule has 12 heteroatoms. The van der Waals surface area contributed by atoms with Crippen molar-refractivity contribution in [3.8, 4) is 69.0 Å². The maximum absolute atomic E-state index is 10.0. The smallest absolute Gasteiger partial charge is 0.200 e. The molecule has 4 aromatic carbocycles. The van der Waals surface area contributed by atoms with Gasteiger partial charge in [0.1, 0.15) is 0 Å². The van der Waals surface area contributed by atoms with E-state index in [1.807, 2.05) is 0 Å². The number of phenols is 12. The van der Waals surface area contributed by atoms with E-state index in [2.05, 4.69) is 27.7 Å². The summed E-state index contributed by atoms with van der Waals surface area (Å²) in [6.07, 6.45) is 24.7. The Morgan fingerprint density at radius 1 is 0.250 bits per heavy atom. The Balaban J connectivity index is 0.000000360. The predicted octanol–water partition coefficient (Wildman–Crippen LogP) is 13.8. The summed E-state index contributed by atoms with van der Waals surface area (Å²) < 4.78 is 0. The zero-order valence-electron chi connectivity index (χ0n) is 41.3. The monoisotopic (exact) mass is 949 g/mol. The standard InChI is InChI=1S/2C28H42O6/c2*1-3-5-7-8-10-12-22(14-20-17-25(31)28(34)26(32)18-20)21(11-9-6-4-2)13-19-15-23(29)27(33)24(30)16-19/h2*15-18,21-22,29-34H,3-14H2,1-2H3/t2*21-,22-/m10/s1. The first-order valence-corrected chi connectivity index (χ1v) is 25.5. The fourth-order valence-corrected chi connectivity index (χ4v) is 9.68. The number of phenolic OH excluding ortho intramolecular Hbond substituents is 12. The normalized spacial score (nSPS) is 13.1. The van der Waals surface area contributed by atoms with Crippen LogP contribution in [0, 0.1) is 23.7 Å². The van der Waals surface area contributed by atoms with E-state index >= 15 is 0 Å². The molecule has 4 atom stereocenters. The highest BCUT2D eigenvalue weighted by Crippen LogP contribution is 2.43. The number of hydrogen-bond acceptors (Lipinski definition) is 12. The van der Waals surface area contributed by atoms with E-state index in [-0.39, 0.29) is 69.7 Å². The summed E-state index contributed by atoms with van der Waals surface area (Å²) in [5, 5.41) is 119. The van der Waals surface area contributed by atoms with Crippen molar-refractivity contribution in [1.29, 1.82) is 0 Å². The third kappa shape index (κ3) is 18.9. The van der Waals surface area contributed by atoms with Crippen LogP contribution < -0.4 is 0 Å². The molecule has 380 valence electrons. The van der Waals surface area contributed by atoms with Crippen molar-refractivity contribution in [2.75, 3.05) is 0 Å². The van der Waals surface area contributed by atoms with Crippen molar-refractivity contribution in [1.82, 2.24) is 0 Å². The summed E-state index contributed by atoms with van der Waals surface area (Å²) in [6, 6.07) is 12.1. The summed E-state index contributed by atoms with van der Waals surface area (Å²) in [5.41, 5.74) is 3.06. The Labute approximate surface area is 405 Å². The van der Waals surface area contributed by atoms with Crippen LogP contribution in [0.3, 0.4) is 0 Å². The molecule has 0 radical (unpaired) electrons. The van der Waals surface area contributed by atoms with Gasteiger partial charge in [-0.1, -0.05) is 130 Å². The third-order valence-electron chi connectivity index (χ3n) is 13.6. The lowest BCUT2D eigenvalue weighted by Crippen LogP contribution is -2.20. The number of aromatic hydroxyl groups is 12. The second-order valence-corrected chi connectivity index (χ2v) is 19.2. The molecule has 0 unspecified atom stereocenters. The quantitative estimate of drug-likeness (QED) is 0.0173. The molecule has 0 spiro atoms. The Bertz CT molecular complexity index is 1840. The number of rotatable bonds is 30. The molecule has 0 bridgehead atoms. The minimum Gasteiger partial charge on any atom is -0.504 e. The molecule has 68 heavy (non-hydrogen) atoms. The molecule has 12 N–H and O–H groups in total. The summed E-state index contributed by atoms with van der Waals surface area (Å²) in [6.45, 7) is 8.72. The van der Waals surface area contributed by atoms with Gasteiger partial charge in [-0.2, -0.15) is 0 Å². The van der Waals surface area contributed by atoms with Gasteiger partial charge in [0.15, 0.2) is 69.0 Å². The van der Waals surface area contributed by atoms with Crippen LogP contribution >= 0.6 is 0 Å². The molecule has 0 aliphatic rings. The molecule has 0 aromatic heterocycles. The topological polar surface area (TPSA) is 243 Å². The second kappa shape index (κ2) is 30.1. The molecule has 4 aromatic rings. The van der Waals surface area contributed by atoms with Crippen molar-refractivity contribution >= 4 is 0 Å². The van der Waals surface area contributed by atoms with Crippen LogP contribution in [0.15, 0.2) is 48.5 Å². The molecule has 0 saturated heterocycles. The molecule has 0 amide bonds. The van der Waals surface area contributed by atoms with E-state index in [0.717, 1.165) is 112 Å². The maximum atomic E-state index is 10.0. The summed E-state index contributed by atoms with van der Waals surface area (Å²) in [7, 11) is 0. The van der Waals surface area contributed by atoms with Gasteiger partial charge in [0, 0.05) is 0 Å². The average molecular weight is 949 g/mol. The minimum atomic E-state index is -0.506. The van der Waals surface area contributed by atoms with Crippen molar-refractivity contribution in [2.45, 2.75) is 182 Å². The fraction of sp³-hybridized carbons (Fsp3) is 0.571. The van der Waals surface area contributed by atoms with Crippen molar-refractivity contribution < 1.29 is 61.3 Å². The van der Waals surface area contributed by atoms with Crippen molar-refractivity contribution in [3.63, 3.8) is 0 Å². The summed E-state index contributed by atoms with van der Waals surface area (Å²) in [4.78, 5) is 0. The Hall–Kier alpha value is -5.52. The molecular formula is C56H84O12. The van der Waals surface area contributed by atoms with Gasteiger partial charge in [-0.25, -0.2) is 0 Å². The Kier molecular flexibility index (Phi) is 25.1. The minimum absolute atomic E-state index is 0.249. The van der Waals surface area contributed by atoms with Crippen LogP contribution in [-0.2, 0) is 25.7 Å². The highest BCUT2D eigenvalue weighted by Gasteiger charge is 2.26. The summed E-state index contributed by atoms with van der Waals surface area (Å²) in [5.74, 6) is -3.64. The Morgan fingerprint density at radius 3 is 0.603 bits per heavy atom. The van der Waals surface area contributed by atoms with E-state index in [1.165, 1.54) is 87.1 Å². The zero-order valence-corrected chi connectivity index (χ0v) is 41.3. The van der Waals surface area contributed by atoms with Gasteiger partial charge in [0.25, 0.3) is 0 Å². The van der Waals surface area contributed by atoms with Crippen LogP contribution in [0.25, 0.3) is 0 Å². The van der Waals surface area contributed by atoms with Gasteiger partial charge >= 0.3 is 0 Å². The van der Waals surface area contributed by atoms with Crippen molar-refractivity contribution in [3.05, 3.63) is 70.8 Å². The first-order valence-electron chi connectivity index (χ1n) is 25.5. The van der Waals surface area contributed by atoms with Gasteiger partial charge in [0.05, 0.1) is 0 Å². The highest BCUT2D eigenvalue weighted by molar-refractivity contribution is 5.53. The molecule has 0 aliphatic carbocycles. The van der Waals surface area contributed by atoms with Crippen LogP contribution in [0.5, 0.6) is 69.0 Å². The summed E-state index contributed by atoms with van der Waals surface area (Å²) >= 11 is 0. The lowest BCUT2D eigenvalue weighted by molar-refractivity contribution is 0.273. The van der Waals surface area contributed by atoms with Gasteiger partial charge in [-0.05, 0) is 146 Å². The largest absolute Gasteiger partial charge is 0.504 e. The number of benzene rings is 4. The molecule has 0 aliphatic heterocycles. The Morgan fingerprint density at radius 2 is 0.412 bits per heavy atom. The second-order valence-electron chi connectivity index (χ2n) is 19.2. The lowest BCUT2D eigenvalue weighted by Gasteiger charge is -2.28. The van der Waals surface area contributed by atoms with E-state index in [1.54, 1.807) is 0 Å². The fourth-order valence-electron chi connectivity index (χ4n) is 9.68. The van der Waals surface area contributed by atoms with Gasteiger partial charge in [-0.3, -0.25) is 0 Å². The first-order chi connectivity index (χ1) is 32.5. The van der Waals surface area contributed by atoms with E-state index in [9.17, 15) is 61.3 Å². The highest BCUT2D eigenvalue weighted by atomic mass is 16.3. The van der Waals surface area contributed by atoms with Crippen LogP contribution in [0.2, 0.25) is 0 Å². The zero-order chi connectivity index (χ0) is 50.2. The van der Waals surface area contributed by atoms with Crippen LogP contribution in [0.4, 0.5) is 0 Å². The molecule has 12 nitrogen and oxygen atoms in total. The molecule has 0 saturated carbocycles. The van der Waals surface area contributed by atoms with Crippen LogP contribution in [-0.4, -0.2) is 61.3 Å². The van der Waals surface area contributed by atoms with Crippen molar-refractivity contribution in [2.24, 2.45) is 23.7 Å². The lowest BCUT2D eigenvalue weighted by atomic mass is 9.77.